The van der Waals surface area contributed by atoms with E-state index < -0.39 is 0 Å². The molecular formula is C20H23NO2. The van der Waals surface area contributed by atoms with Gasteiger partial charge in [0.05, 0.1) is 6.54 Å². The van der Waals surface area contributed by atoms with Crippen molar-refractivity contribution in [3.63, 3.8) is 0 Å². The lowest BCUT2D eigenvalue weighted by Gasteiger charge is -2.40. The van der Waals surface area contributed by atoms with Crippen molar-refractivity contribution in [1.29, 1.82) is 0 Å². The van der Waals surface area contributed by atoms with Crippen molar-refractivity contribution in [1.82, 2.24) is 4.90 Å². The van der Waals surface area contributed by atoms with Crippen LogP contribution in [0.25, 0.3) is 0 Å². The number of likely N-dealkylation sites (tertiary alicyclic amines) is 1. The van der Waals surface area contributed by atoms with E-state index in [0.29, 0.717) is 12.3 Å². The number of rotatable bonds is 4. The van der Waals surface area contributed by atoms with E-state index in [1.54, 1.807) is 12.1 Å². The van der Waals surface area contributed by atoms with Crippen LogP contribution in [0.2, 0.25) is 0 Å². The summed E-state index contributed by atoms with van der Waals surface area (Å²) in [6.45, 7) is 4.55. The molecule has 2 aromatic carbocycles. The lowest BCUT2D eigenvalue weighted by molar-refractivity contribution is 0.0871. The molecule has 1 aliphatic rings. The number of nitrogens with zero attached hydrogens (tertiary/aromatic N) is 1. The molecule has 3 rings (SSSR count). The van der Waals surface area contributed by atoms with Gasteiger partial charge >= 0.3 is 0 Å². The highest BCUT2D eigenvalue weighted by atomic mass is 16.3. The average Bonchev–Trinajstić information content (AvgIpc) is 2.56. The summed E-state index contributed by atoms with van der Waals surface area (Å²) in [7, 11) is 0. The van der Waals surface area contributed by atoms with E-state index in [0.717, 1.165) is 31.5 Å². The van der Waals surface area contributed by atoms with Crippen LogP contribution in [0.1, 0.15) is 35.7 Å². The van der Waals surface area contributed by atoms with Crippen molar-refractivity contribution in [3.05, 3.63) is 65.7 Å². The third-order valence-corrected chi connectivity index (χ3v) is 4.80. The number of aromatic hydroxyl groups is 1. The van der Waals surface area contributed by atoms with Gasteiger partial charge < -0.3 is 5.11 Å². The molecule has 1 heterocycles. The zero-order valence-electron chi connectivity index (χ0n) is 13.5. The van der Waals surface area contributed by atoms with E-state index in [2.05, 4.69) is 11.8 Å². The first-order valence-electron chi connectivity index (χ1n) is 8.17. The lowest BCUT2D eigenvalue weighted by Crippen LogP contribution is -2.46. The maximum atomic E-state index is 12.4. The minimum Gasteiger partial charge on any atom is -0.508 e. The highest BCUT2D eigenvalue weighted by Gasteiger charge is 2.33. The predicted octanol–water partition coefficient (Wildman–Crippen LogP) is 3.63. The largest absolute Gasteiger partial charge is 0.508 e. The standard InChI is InChI=1S/C20H23NO2/c1-20(17-8-10-18(22)11-9-17)12-5-13-21(15-20)14-19(23)16-6-3-2-4-7-16/h2-4,6-11,22H,5,12-15H2,1H3. The van der Waals surface area contributed by atoms with Gasteiger partial charge in [0.1, 0.15) is 5.75 Å². The first kappa shape index (κ1) is 15.8. The first-order chi connectivity index (χ1) is 11.1. The first-order valence-corrected chi connectivity index (χ1v) is 8.17. The fraction of sp³-hybridized carbons (Fsp3) is 0.350. The van der Waals surface area contributed by atoms with E-state index >= 15 is 0 Å². The summed E-state index contributed by atoms with van der Waals surface area (Å²) in [5, 5.41) is 9.48. The topological polar surface area (TPSA) is 40.5 Å². The molecule has 0 aliphatic carbocycles. The second kappa shape index (κ2) is 6.55. The number of hydrogen-bond acceptors (Lipinski definition) is 3. The van der Waals surface area contributed by atoms with Gasteiger partial charge in [0.2, 0.25) is 0 Å². The van der Waals surface area contributed by atoms with Crippen molar-refractivity contribution in [2.75, 3.05) is 19.6 Å². The van der Waals surface area contributed by atoms with Crippen molar-refractivity contribution in [2.24, 2.45) is 0 Å². The van der Waals surface area contributed by atoms with Crippen molar-refractivity contribution < 1.29 is 9.90 Å². The van der Waals surface area contributed by atoms with Crippen molar-refractivity contribution >= 4 is 5.78 Å². The minimum atomic E-state index is 0.0307. The van der Waals surface area contributed by atoms with Crippen LogP contribution in [0.15, 0.2) is 54.6 Å². The molecule has 23 heavy (non-hydrogen) atoms. The molecule has 0 aromatic heterocycles. The minimum absolute atomic E-state index is 0.0307. The normalized spacial score (nSPS) is 22.0. The van der Waals surface area contributed by atoms with Gasteiger partial charge in [0, 0.05) is 17.5 Å². The van der Waals surface area contributed by atoms with Gasteiger partial charge in [-0.3, -0.25) is 9.69 Å². The molecular weight excluding hydrogens is 286 g/mol. The molecule has 120 valence electrons. The van der Waals surface area contributed by atoms with Crippen LogP contribution in [-0.2, 0) is 5.41 Å². The van der Waals surface area contributed by atoms with Gasteiger partial charge in [-0.25, -0.2) is 0 Å². The Labute approximate surface area is 137 Å². The van der Waals surface area contributed by atoms with Crippen LogP contribution in [0, 0.1) is 0 Å². The number of phenols is 1. The van der Waals surface area contributed by atoms with Crippen LogP contribution in [0.3, 0.4) is 0 Å². The Morgan fingerprint density at radius 1 is 1.13 bits per heavy atom. The predicted molar refractivity (Wildman–Crippen MR) is 91.9 cm³/mol. The van der Waals surface area contributed by atoms with E-state index in [9.17, 15) is 9.90 Å². The van der Waals surface area contributed by atoms with Crippen LogP contribution in [-0.4, -0.2) is 35.4 Å². The Morgan fingerprint density at radius 2 is 1.83 bits per heavy atom. The molecule has 2 aromatic rings. The zero-order valence-corrected chi connectivity index (χ0v) is 13.5. The monoisotopic (exact) mass is 309 g/mol. The van der Waals surface area contributed by atoms with Gasteiger partial charge in [0.25, 0.3) is 0 Å². The highest BCUT2D eigenvalue weighted by molar-refractivity contribution is 5.97. The maximum Gasteiger partial charge on any atom is 0.176 e. The number of piperidine rings is 1. The molecule has 0 amide bonds. The molecule has 1 saturated heterocycles. The number of phenolic OH excluding ortho intramolecular Hbond substituents is 1. The SMILES string of the molecule is CC1(c2ccc(O)cc2)CCCN(CC(=O)c2ccccc2)C1. The van der Waals surface area contributed by atoms with Gasteiger partial charge in [-0.05, 0) is 37.1 Å². The Balaban J connectivity index is 1.70. The fourth-order valence-electron chi connectivity index (χ4n) is 3.50. The van der Waals surface area contributed by atoms with Crippen molar-refractivity contribution in [2.45, 2.75) is 25.2 Å². The average molecular weight is 309 g/mol. The lowest BCUT2D eigenvalue weighted by atomic mass is 9.76. The van der Waals surface area contributed by atoms with Gasteiger partial charge in [0.15, 0.2) is 5.78 Å². The molecule has 0 saturated carbocycles. The summed E-state index contributed by atoms with van der Waals surface area (Å²) in [5.74, 6) is 0.477. The molecule has 0 radical (unpaired) electrons. The molecule has 0 spiro atoms. The van der Waals surface area contributed by atoms with E-state index in [1.807, 2.05) is 42.5 Å². The van der Waals surface area contributed by atoms with Crippen molar-refractivity contribution in [3.8, 4) is 5.75 Å². The second-order valence-corrected chi connectivity index (χ2v) is 6.71. The number of carbonyl (C=O) groups is 1. The molecule has 1 fully saturated rings. The van der Waals surface area contributed by atoms with Gasteiger partial charge in [-0.1, -0.05) is 49.4 Å². The number of benzene rings is 2. The molecule has 1 unspecified atom stereocenters. The zero-order chi connectivity index (χ0) is 16.3. The smallest absolute Gasteiger partial charge is 0.176 e. The Kier molecular flexibility index (Phi) is 4.49. The van der Waals surface area contributed by atoms with E-state index in [1.165, 1.54) is 5.56 Å². The Morgan fingerprint density at radius 3 is 2.52 bits per heavy atom. The molecule has 1 atom stereocenters. The summed E-state index contributed by atoms with van der Waals surface area (Å²) in [6, 6.07) is 17.0. The number of ketones is 1. The van der Waals surface area contributed by atoms with Crippen LogP contribution >= 0.6 is 0 Å². The third-order valence-electron chi connectivity index (χ3n) is 4.80. The molecule has 3 nitrogen and oxygen atoms in total. The van der Waals surface area contributed by atoms with Crippen LogP contribution in [0.5, 0.6) is 5.75 Å². The van der Waals surface area contributed by atoms with Crippen LogP contribution in [0.4, 0.5) is 0 Å². The van der Waals surface area contributed by atoms with E-state index in [4.69, 9.17) is 0 Å². The fourth-order valence-corrected chi connectivity index (χ4v) is 3.50. The number of hydrogen-bond donors (Lipinski definition) is 1. The summed E-state index contributed by atoms with van der Waals surface area (Å²) in [5.41, 5.74) is 2.04. The highest BCUT2D eigenvalue weighted by Crippen LogP contribution is 2.34. The second-order valence-electron chi connectivity index (χ2n) is 6.71. The Hall–Kier alpha value is -2.13. The number of carbonyl (C=O) groups excluding carboxylic acids is 1. The van der Waals surface area contributed by atoms with Gasteiger partial charge in [-0.2, -0.15) is 0 Å². The molecule has 3 heteroatoms. The molecule has 0 bridgehead atoms. The quantitative estimate of drug-likeness (QED) is 0.877. The summed E-state index contributed by atoms with van der Waals surface area (Å²) >= 11 is 0. The number of Topliss-reactive ketones (excluding diaryl/α,β-unsaturated/α-hetero) is 1. The third kappa shape index (κ3) is 3.62. The van der Waals surface area contributed by atoms with Gasteiger partial charge in [-0.15, -0.1) is 0 Å². The molecule has 1 N–H and O–H groups in total. The summed E-state index contributed by atoms with van der Waals surface area (Å²) in [6.07, 6.45) is 2.19. The Bertz CT molecular complexity index is 666. The summed E-state index contributed by atoms with van der Waals surface area (Å²) < 4.78 is 0. The molecule has 1 aliphatic heterocycles. The maximum absolute atomic E-state index is 12.4. The van der Waals surface area contributed by atoms with E-state index in [-0.39, 0.29) is 11.2 Å². The van der Waals surface area contributed by atoms with Crippen LogP contribution < -0.4 is 0 Å². The summed E-state index contributed by atoms with van der Waals surface area (Å²) in [4.78, 5) is 14.7.